The van der Waals surface area contributed by atoms with E-state index in [9.17, 15) is 19.2 Å². The van der Waals surface area contributed by atoms with Crippen LogP contribution in [0.15, 0.2) is 28.0 Å². The Bertz CT molecular complexity index is 659. The van der Waals surface area contributed by atoms with Crippen molar-refractivity contribution in [3.05, 3.63) is 39.2 Å². The van der Waals surface area contributed by atoms with E-state index in [0.29, 0.717) is 5.56 Å². The Labute approximate surface area is 123 Å². The molecule has 1 fully saturated rings. The normalized spacial score (nSPS) is 16.8. The van der Waals surface area contributed by atoms with Crippen LogP contribution in [-0.2, 0) is 9.59 Å². The zero-order chi connectivity index (χ0) is 15.4. The Hall–Kier alpha value is -2.35. The summed E-state index contributed by atoms with van der Waals surface area (Å²) in [4.78, 5) is 48.9. The summed E-state index contributed by atoms with van der Waals surface area (Å²) >= 11 is 0.799. The van der Waals surface area contributed by atoms with Crippen molar-refractivity contribution in [1.29, 1.82) is 0 Å². The predicted octanol–water partition coefficient (Wildman–Crippen LogP) is 1.28. The van der Waals surface area contributed by atoms with E-state index in [0.717, 1.165) is 16.7 Å². The van der Waals surface area contributed by atoms with E-state index in [1.165, 1.54) is 24.4 Å². The summed E-state index contributed by atoms with van der Waals surface area (Å²) in [6.07, 6.45) is 3.08. The second kappa shape index (κ2) is 6.40. The van der Waals surface area contributed by atoms with E-state index in [-0.39, 0.29) is 29.9 Å². The van der Waals surface area contributed by atoms with Crippen molar-refractivity contribution in [2.75, 3.05) is 6.54 Å². The summed E-state index contributed by atoms with van der Waals surface area (Å²) in [7, 11) is 0. The molecule has 0 unspecified atom stereocenters. The number of nitrogens with zero attached hydrogens (tertiary/aromatic N) is 1. The van der Waals surface area contributed by atoms with Gasteiger partial charge in [-0.25, -0.2) is 0 Å². The standard InChI is InChI=1S/C13H12N2O5S/c16-10-4-3-8(7-14-10)6-9-12(19)15(13(20)21-9)5-1-2-11(17)18/h3-4,6-7H,1-2,5H2,(H,14,16)(H,17,18)/b9-6-. The number of carbonyl (C=O) groups is 3. The first-order valence-corrected chi connectivity index (χ1v) is 6.95. The second-order valence-corrected chi connectivity index (χ2v) is 5.31. The first kappa shape index (κ1) is 15.0. The van der Waals surface area contributed by atoms with Crippen LogP contribution >= 0.6 is 11.8 Å². The van der Waals surface area contributed by atoms with Gasteiger partial charge in [0.2, 0.25) is 5.56 Å². The molecule has 2 heterocycles. The number of thioether (sulfide) groups is 1. The molecule has 1 aliphatic heterocycles. The fourth-order valence-corrected chi connectivity index (χ4v) is 2.61. The maximum absolute atomic E-state index is 12.1. The van der Waals surface area contributed by atoms with E-state index >= 15 is 0 Å². The number of carboxylic acid groups (broad SMARTS) is 1. The minimum absolute atomic E-state index is 0.0833. The van der Waals surface area contributed by atoms with E-state index in [1.54, 1.807) is 0 Å². The van der Waals surface area contributed by atoms with Crippen molar-refractivity contribution in [3.63, 3.8) is 0 Å². The number of nitrogens with one attached hydrogen (secondary N) is 1. The second-order valence-electron chi connectivity index (χ2n) is 4.32. The topological polar surface area (TPSA) is 108 Å². The number of rotatable bonds is 5. The minimum Gasteiger partial charge on any atom is -0.481 e. The summed E-state index contributed by atoms with van der Waals surface area (Å²) in [6, 6.07) is 2.86. The van der Waals surface area contributed by atoms with Gasteiger partial charge in [0.1, 0.15) is 0 Å². The molecule has 0 bridgehead atoms. The van der Waals surface area contributed by atoms with Crippen molar-refractivity contribution >= 4 is 35.0 Å². The zero-order valence-electron chi connectivity index (χ0n) is 10.9. The molecule has 0 spiro atoms. The molecule has 7 nitrogen and oxygen atoms in total. The highest BCUT2D eigenvalue weighted by Gasteiger charge is 2.34. The highest BCUT2D eigenvalue weighted by atomic mass is 32.2. The third-order valence-corrected chi connectivity index (χ3v) is 3.66. The van der Waals surface area contributed by atoms with Crippen LogP contribution in [0.4, 0.5) is 4.79 Å². The van der Waals surface area contributed by atoms with E-state index < -0.39 is 17.1 Å². The van der Waals surface area contributed by atoms with Gasteiger partial charge in [-0.1, -0.05) is 0 Å². The molecule has 0 saturated carbocycles. The monoisotopic (exact) mass is 308 g/mol. The maximum Gasteiger partial charge on any atom is 0.303 e. The molecule has 2 amide bonds. The van der Waals surface area contributed by atoms with E-state index in [4.69, 9.17) is 5.11 Å². The number of aromatic amines is 1. The first-order chi connectivity index (χ1) is 9.97. The van der Waals surface area contributed by atoms with Crippen molar-refractivity contribution in [2.45, 2.75) is 12.8 Å². The lowest BCUT2D eigenvalue weighted by molar-refractivity contribution is -0.137. The van der Waals surface area contributed by atoms with Gasteiger partial charge in [-0.05, 0) is 35.9 Å². The number of H-pyrrole nitrogens is 1. The molecule has 0 aliphatic carbocycles. The molecule has 0 radical (unpaired) electrons. The maximum atomic E-state index is 12.1. The molecule has 21 heavy (non-hydrogen) atoms. The fourth-order valence-electron chi connectivity index (χ4n) is 1.74. The number of imide groups is 1. The van der Waals surface area contributed by atoms with Crippen LogP contribution in [0, 0.1) is 0 Å². The van der Waals surface area contributed by atoms with Gasteiger partial charge < -0.3 is 10.1 Å². The van der Waals surface area contributed by atoms with Gasteiger partial charge in [0.15, 0.2) is 0 Å². The Morgan fingerprint density at radius 2 is 2.10 bits per heavy atom. The molecule has 110 valence electrons. The van der Waals surface area contributed by atoms with E-state index in [1.807, 2.05) is 0 Å². The Kier molecular flexibility index (Phi) is 4.59. The quantitative estimate of drug-likeness (QED) is 0.793. The molecule has 2 N–H and O–H groups in total. The van der Waals surface area contributed by atoms with Gasteiger partial charge in [0, 0.05) is 25.2 Å². The molecule has 1 saturated heterocycles. The van der Waals surface area contributed by atoms with Crippen molar-refractivity contribution in [1.82, 2.24) is 9.88 Å². The lowest BCUT2D eigenvalue weighted by atomic mass is 10.2. The molecule has 0 aromatic carbocycles. The predicted molar refractivity (Wildman–Crippen MR) is 76.6 cm³/mol. The molecule has 1 aliphatic rings. The van der Waals surface area contributed by atoms with Gasteiger partial charge in [-0.3, -0.25) is 24.1 Å². The summed E-state index contributed by atoms with van der Waals surface area (Å²) in [5, 5.41) is 8.14. The largest absolute Gasteiger partial charge is 0.481 e. The summed E-state index contributed by atoms with van der Waals surface area (Å²) < 4.78 is 0. The van der Waals surface area contributed by atoms with Gasteiger partial charge in [0.05, 0.1) is 4.91 Å². The third-order valence-electron chi connectivity index (χ3n) is 2.75. The molecule has 1 aromatic rings. The van der Waals surface area contributed by atoms with Gasteiger partial charge in [-0.2, -0.15) is 0 Å². The van der Waals surface area contributed by atoms with Gasteiger partial charge >= 0.3 is 5.97 Å². The van der Waals surface area contributed by atoms with Crippen LogP contribution in [-0.4, -0.2) is 38.7 Å². The number of hydrogen-bond donors (Lipinski definition) is 2. The number of hydrogen-bond acceptors (Lipinski definition) is 5. The number of carbonyl (C=O) groups excluding carboxylic acids is 2. The number of carboxylic acids is 1. The van der Waals surface area contributed by atoms with Crippen molar-refractivity contribution in [3.8, 4) is 0 Å². The number of aromatic nitrogens is 1. The van der Waals surface area contributed by atoms with Gasteiger partial charge in [0.25, 0.3) is 11.1 Å². The smallest absolute Gasteiger partial charge is 0.303 e. The van der Waals surface area contributed by atoms with Crippen molar-refractivity contribution < 1.29 is 19.5 Å². The van der Waals surface area contributed by atoms with Crippen LogP contribution in [0.25, 0.3) is 6.08 Å². The molecule has 2 rings (SSSR count). The third kappa shape index (κ3) is 3.82. The summed E-state index contributed by atoms with van der Waals surface area (Å²) in [5.74, 6) is -1.41. The van der Waals surface area contributed by atoms with E-state index in [2.05, 4.69) is 4.98 Å². The van der Waals surface area contributed by atoms with Crippen LogP contribution in [0.3, 0.4) is 0 Å². The number of aliphatic carboxylic acids is 1. The molecular formula is C13H12N2O5S. The average Bonchev–Trinajstić information content (AvgIpc) is 2.68. The lowest BCUT2D eigenvalue weighted by Crippen LogP contribution is -2.29. The summed E-state index contributed by atoms with van der Waals surface area (Å²) in [6.45, 7) is 0.0833. The SMILES string of the molecule is O=C(O)CCCN1C(=O)S/C(=C\c2ccc(=O)[nH]c2)C1=O. The number of amides is 2. The Morgan fingerprint density at radius 3 is 2.71 bits per heavy atom. The van der Waals surface area contributed by atoms with Crippen LogP contribution in [0.2, 0.25) is 0 Å². The molecule has 8 heteroatoms. The minimum atomic E-state index is -0.967. The molecule has 1 aromatic heterocycles. The highest BCUT2D eigenvalue weighted by Crippen LogP contribution is 2.32. The number of pyridine rings is 1. The van der Waals surface area contributed by atoms with Crippen LogP contribution in [0.1, 0.15) is 18.4 Å². The molecular weight excluding hydrogens is 296 g/mol. The Balaban J connectivity index is 2.08. The first-order valence-electron chi connectivity index (χ1n) is 6.13. The lowest BCUT2D eigenvalue weighted by Gasteiger charge is -2.10. The highest BCUT2D eigenvalue weighted by molar-refractivity contribution is 8.18. The Morgan fingerprint density at radius 1 is 1.33 bits per heavy atom. The molecule has 0 atom stereocenters. The fraction of sp³-hybridized carbons (Fsp3) is 0.231. The van der Waals surface area contributed by atoms with Crippen LogP contribution < -0.4 is 5.56 Å². The van der Waals surface area contributed by atoms with Gasteiger partial charge in [-0.15, -0.1) is 0 Å². The summed E-state index contributed by atoms with van der Waals surface area (Å²) in [5.41, 5.74) is 0.347. The van der Waals surface area contributed by atoms with Crippen LogP contribution in [0.5, 0.6) is 0 Å². The van der Waals surface area contributed by atoms with Crippen molar-refractivity contribution in [2.24, 2.45) is 0 Å². The average molecular weight is 308 g/mol. The zero-order valence-corrected chi connectivity index (χ0v) is 11.7.